The van der Waals surface area contributed by atoms with Crippen LogP contribution in [0.3, 0.4) is 0 Å². The molecule has 37 heavy (non-hydrogen) atoms. The minimum atomic E-state index is -0.400. The first-order valence-electron chi connectivity index (χ1n) is 11.9. The molecule has 3 heterocycles. The second kappa shape index (κ2) is 10.1. The van der Waals surface area contributed by atoms with Crippen molar-refractivity contribution >= 4 is 34.6 Å². The van der Waals surface area contributed by atoms with Crippen molar-refractivity contribution in [3.63, 3.8) is 0 Å². The number of benzene rings is 1. The van der Waals surface area contributed by atoms with E-state index in [9.17, 15) is 10.1 Å². The molecule has 1 N–H and O–H groups in total. The summed E-state index contributed by atoms with van der Waals surface area (Å²) in [7, 11) is 7.26. The van der Waals surface area contributed by atoms with Crippen LogP contribution in [0.4, 0.5) is 34.6 Å². The Balaban J connectivity index is 1.66. The van der Waals surface area contributed by atoms with E-state index in [2.05, 4.69) is 34.1 Å². The molecule has 3 aromatic rings. The lowest BCUT2D eigenvalue weighted by Crippen LogP contribution is -2.29. The van der Waals surface area contributed by atoms with Gasteiger partial charge in [-0.3, -0.25) is 15.1 Å². The van der Waals surface area contributed by atoms with Crippen molar-refractivity contribution < 1.29 is 9.66 Å². The van der Waals surface area contributed by atoms with Crippen molar-refractivity contribution in [2.24, 2.45) is 0 Å². The van der Waals surface area contributed by atoms with Crippen LogP contribution in [-0.4, -0.2) is 77.6 Å². The smallest absolute Gasteiger partial charge is 0.294 e. The number of aromatic nitrogens is 4. The molecule has 12 heteroatoms. The van der Waals surface area contributed by atoms with Crippen LogP contribution in [0.5, 0.6) is 5.75 Å². The topological polar surface area (TPSA) is 126 Å². The molecule has 12 nitrogen and oxygen atoms in total. The Kier molecular flexibility index (Phi) is 7.12. The number of pyridine rings is 1. The molecule has 0 amide bonds. The predicted octanol–water partition coefficient (Wildman–Crippen LogP) is 3.66. The van der Waals surface area contributed by atoms with E-state index in [1.54, 1.807) is 6.07 Å². The van der Waals surface area contributed by atoms with Gasteiger partial charge in [-0.2, -0.15) is 4.98 Å². The third-order valence-electron chi connectivity index (χ3n) is 6.33. The Labute approximate surface area is 216 Å². The van der Waals surface area contributed by atoms with E-state index in [0.29, 0.717) is 36.2 Å². The molecule has 0 saturated carbocycles. The maximum absolute atomic E-state index is 11.9. The monoisotopic (exact) mass is 507 g/mol. The summed E-state index contributed by atoms with van der Waals surface area (Å²) in [6, 6.07) is 7.10. The molecule has 0 radical (unpaired) electrons. The second-order valence-corrected chi connectivity index (χ2v) is 10.0. The van der Waals surface area contributed by atoms with Gasteiger partial charge < -0.3 is 24.8 Å². The van der Waals surface area contributed by atoms with Gasteiger partial charge in [-0.05, 0) is 33.2 Å². The second-order valence-electron chi connectivity index (χ2n) is 10.0. The number of nitrogens with zero attached hydrogens (tertiary/aromatic N) is 8. The lowest BCUT2D eigenvalue weighted by Gasteiger charge is -2.23. The third kappa shape index (κ3) is 5.38. The first-order chi connectivity index (χ1) is 17.5. The highest BCUT2D eigenvalue weighted by molar-refractivity contribution is 5.77. The summed E-state index contributed by atoms with van der Waals surface area (Å²) in [6.07, 6.45) is 1.42. The lowest BCUT2D eigenvalue weighted by atomic mass is 9.91. The molecular formula is C25H33N9O3. The molecule has 0 saturated heterocycles. The van der Waals surface area contributed by atoms with Crippen molar-refractivity contribution in [3.8, 4) is 5.75 Å². The summed E-state index contributed by atoms with van der Waals surface area (Å²) in [5, 5.41) is 15.0. The van der Waals surface area contributed by atoms with Crippen molar-refractivity contribution in [2.75, 3.05) is 63.0 Å². The van der Waals surface area contributed by atoms with E-state index in [-0.39, 0.29) is 17.1 Å². The van der Waals surface area contributed by atoms with Gasteiger partial charge in [0.05, 0.1) is 29.1 Å². The Morgan fingerprint density at radius 1 is 1.16 bits per heavy atom. The molecule has 4 rings (SSSR count). The Morgan fingerprint density at radius 2 is 1.92 bits per heavy atom. The maximum atomic E-state index is 11.9. The molecule has 1 aliphatic heterocycles. The number of hydrogen-bond acceptors (Lipinski definition) is 11. The van der Waals surface area contributed by atoms with Gasteiger partial charge in [0.25, 0.3) is 5.69 Å². The number of aryl methyl sites for hydroxylation is 1. The fraction of sp³-hybridized carbons (Fsp3) is 0.440. The fourth-order valence-electron chi connectivity index (χ4n) is 4.34. The summed E-state index contributed by atoms with van der Waals surface area (Å²) in [4.78, 5) is 35.4. The molecular weight excluding hydrogens is 474 g/mol. The number of nitrogens with one attached hydrogen (secondary N) is 1. The molecule has 1 aromatic carbocycles. The molecule has 0 atom stereocenters. The van der Waals surface area contributed by atoms with E-state index in [1.807, 2.05) is 54.9 Å². The molecule has 0 aliphatic carbocycles. The molecule has 196 valence electrons. The number of anilines is 5. The SMILES string of the molecule is COc1cc(N(C)CCN(C)C)c([N+](=O)[O-])cc1Nc1ncnc(N2CC(C)(C)c3nc(C)ccc32)n1. The lowest BCUT2D eigenvalue weighted by molar-refractivity contribution is -0.384. The van der Waals surface area contributed by atoms with Crippen LogP contribution in [0.25, 0.3) is 0 Å². The average molecular weight is 508 g/mol. The quantitative estimate of drug-likeness (QED) is 0.337. The van der Waals surface area contributed by atoms with Crippen molar-refractivity contribution in [1.82, 2.24) is 24.8 Å². The number of methoxy groups -OCH3 is 1. The predicted molar refractivity (Wildman–Crippen MR) is 144 cm³/mol. The van der Waals surface area contributed by atoms with Crippen LogP contribution >= 0.6 is 0 Å². The van der Waals surface area contributed by atoms with Crippen LogP contribution in [0.15, 0.2) is 30.6 Å². The third-order valence-corrected chi connectivity index (χ3v) is 6.33. The normalized spacial score (nSPS) is 14.0. The van der Waals surface area contributed by atoms with Gasteiger partial charge in [0.2, 0.25) is 11.9 Å². The van der Waals surface area contributed by atoms with Crippen LogP contribution in [-0.2, 0) is 5.41 Å². The number of fused-ring (bicyclic) bond motifs is 1. The van der Waals surface area contributed by atoms with Gasteiger partial charge in [-0.25, -0.2) is 9.97 Å². The van der Waals surface area contributed by atoms with E-state index in [1.165, 1.54) is 19.5 Å². The molecule has 0 fully saturated rings. The number of hydrogen-bond donors (Lipinski definition) is 1. The number of nitro benzene ring substituents is 1. The van der Waals surface area contributed by atoms with Crippen molar-refractivity contribution in [3.05, 3.63) is 52.1 Å². The van der Waals surface area contributed by atoms with Gasteiger partial charge in [0.1, 0.15) is 17.8 Å². The van der Waals surface area contributed by atoms with Gasteiger partial charge in [0, 0.05) is 49.9 Å². The number of ether oxygens (including phenoxy) is 1. The fourth-order valence-corrected chi connectivity index (χ4v) is 4.34. The minimum Gasteiger partial charge on any atom is -0.494 e. The first kappa shape index (κ1) is 26.0. The van der Waals surface area contributed by atoms with Crippen LogP contribution in [0.2, 0.25) is 0 Å². The van der Waals surface area contributed by atoms with Crippen LogP contribution < -0.4 is 19.9 Å². The summed E-state index contributed by atoms with van der Waals surface area (Å²) >= 11 is 0. The molecule has 0 spiro atoms. The van der Waals surface area contributed by atoms with Gasteiger partial charge >= 0.3 is 0 Å². The van der Waals surface area contributed by atoms with E-state index in [0.717, 1.165) is 23.6 Å². The standard InChI is InChI=1S/C25H33N9O3/c1-16-8-9-18-22(28-16)25(2,3)14-33(18)24-27-15-26-23(30-24)29-17-12-20(34(35)36)19(13-21(17)37-7)32(6)11-10-31(4)5/h8-9,12-13,15H,10-11,14H2,1-7H3,(H,26,27,29,30). The molecule has 0 bridgehead atoms. The molecule has 1 aliphatic rings. The highest BCUT2D eigenvalue weighted by atomic mass is 16.6. The number of nitro groups is 1. The summed E-state index contributed by atoms with van der Waals surface area (Å²) in [5.74, 6) is 1.15. The van der Waals surface area contributed by atoms with Gasteiger partial charge in [-0.15, -0.1) is 0 Å². The van der Waals surface area contributed by atoms with Crippen LogP contribution in [0, 0.1) is 17.0 Å². The van der Waals surface area contributed by atoms with E-state index in [4.69, 9.17) is 9.72 Å². The zero-order chi connectivity index (χ0) is 26.9. The van der Waals surface area contributed by atoms with Crippen LogP contribution in [0.1, 0.15) is 25.2 Å². The van der Waals surface area contributed by atoms with Crippen molar-refractivity contribution in [2.45, 2.75) is 26.2 Å². The zero-order valence-electron chi connectivity index (χ0n) is 22.3. The minimum absolute atomic E-state index is 0.0458. The Hall–Kier alpha value is -4.06. The largest absolute Gasteiger partial charge is 0.494 e. The highest BCUT2D eigenvalue weighted by Gasteiger charge is 2.38. The summed E-state index contributed by atoms with van der Waals surface area (Å²) in [5.41, 5.74) is 3.52. The molecule has 0 unspecified atom stereocenters. The van der Waals surface area contributed by atoms with Gasteiger partial charge in [-0.1, -0.05) is 13.8 Å². The zero-order valence-corrected chi connectivity index (χ0v) is 22.3. The summed E-state index contributed by atoms with van der Waals surface area (Å²) in [6.45, 7) is 8.27. The number of likely N-dealkylation sites (N-methyl/N-ethyl adjacent to an activating group) is 2. The van der Waals surface area contributed by atoms with Gasteiger partial charge in [0.15, 0.2) is 0 Å². The summed E-state index contributed by atoms with van der Waals surface area (Å²) < 4.78 is 5.57. The van der Waals surface area contributed by atoms with Crippen molar-refractivity contribution in [1.29, 1.82) is 0 Å². The number of rotatable bonds is 9. The highest BCUT2D eigenvalue weighted by Crippen LogP contribution is 2.43. The Bertz CT molecular complexity index is 1310. The first-order valence-corrected chi connectivity index (χ1v) is 11.9. The Morgan fingerprint density at radius 3 is 2.59 bits per heavy atom. The van der Waals surface area contributed by atoms with E-state index >= 15 is 0 Å². The van der Waals surface area contributed by atoms with E-state index < -0.39 is 4.92 Å². The average Bonchev–Trinajstić information content (AvgIpc) is 3.12. The maximum Gasteiger partial charge on any atom is 0.294 e. The molecule has 2 aromatic heterocycles.